The van der Waals surface area contributed by atoms with Crippen molar-refractivity contribution in [3.63, 3.8) is 0 Å². The van der Waals surface area contributed by atoms with Crippen LogP contribution in [0.25, 0.3) is 10.9 Å². The largest absolute Gasteiger partial charge is 0.467 e. The molecule has 0 unspecified atom stereocenters. The minimum Gasteiger partial charge on any atom is -0.467 e. The molecule has 25 heavy (non-hydrogen) atoms. The van der Waals surface area contributed by atoms with E-state index in [1.165, 1.54) is 5.56 Å². The van der Waals surface area contributed by atoms with Crippen LogP contribution in [0.3, 0.4) is 0 Å². The van der Waals surface area contributed by atoms with Gasteiger partial charge in [-0.25, -0.2) is 4.98 Å². The molecule has 5 heteroatoms. The van der Waals surface area contributed by atoms with Crippen LogP contribution in [0.1, 0.15) is 29.4 Å². The van der Waals surface area contributed by atoms with E-state index in [0.29, 0.717) is 19.0 Å². The van der Waals surface area contributed by atoms with Gasteiger partial charge in [-0.2, -0.15) is 0 Å². The normalized spacial score (nSPS) is 17.3. The monoisotopic (exact) mass is 336 g/mol. The molecule has 1 aliphatic rings. The lowest BCUT2D eigenvalue weighted by molar-refractivity contribution is -0.138. The van der Waals surface area contributed by atoms with Crippen LogP contribution in [0.4, 0.5) is 0 Å². The maximum Gasteiger partial charge on any atom is 0.264 e. The molecule has 2 aromatic heterocycles. The van der Waals surface area contributed by atoms with Crippen LogP contribution in [-0.2, 0) is 17.9 Å². The summed E-state index contributed by atoms with van der Waals surface area (Å²) in [5, 5.41) is 1.06. The van der Waals surface area contributed by atoms with E-state index in [9.17, 15) is 4.79 Å². The zero-order valence-corrected chi connectivity index (χ0v) is 14.6. The van der Waals surface area contributed by atoms with Crippen molar-refractivity contribution in [1.29, 1.82) is 0 Å². The molecule has 4 rings (SSSR count). The van der Waals surface area contributed by atoms with Gasteiger partial charge in [-0.1, -0.05) is 12.1 Å². The van der Waals surface area contributed by atoms with E-state index in [1.807, 2.05) is 12.1 Å². The number of nitrogens with zero attached hydrogens (tertiary/aromatic N) is 2. The first kappa shape index (κ1) is 15.7. The molecule has 0 fully saturated rings. The fraction of sp³-hybridized carbons (Fsp3) is 0.300. The van der Waals surface area contributed by atoms with E-state index in [-0.39, 0.29) is 5.91 Å². The second-order valence-electron chi connectivity index (χ2n) is 6.57. The highest BCUT2D eigenvalue weighted by molar-refractivity contribution is 5.85. The van der Waals surface area contributed by atoms with Crippen molar-refractivity contribution in [2.24, 2.45) is 0 Å². The van der Waals surface area contributed by atoms with Crippen LogP contribution in [0, 0.1) is 13.8 Å². The number of fused-ring (bicyclic) bond motifs is 2. The smallest absolute Gasteiger partial charge is 0.264 e. The molecule has 5 nitrogen and oxygen atoms in total. The Morgan fingerprint density at radius 1 is 1.28 bits per heavy atom. The molecule has 128 valence electrons. The predicted molar refractivity (Wildman–Crippen MR) is 94.3 cm³/mol. The number of carbonyl (C=O) groups is 1. The molecular formula is C20H20N2O3. The maximum atomic E-state index is 12.7. The third-order valence-corrected chi connectivity index (χ3v) is 4.79. The SMILES string of the molecule is Cc1ccc2cc3c(nc2c1C)O[C@H](C)C(=O)N(Cc1ccco1)C3. The van der Waals surface area contributed by atoms with Gasteiger partial charge >= 0.3 is 0 Å². The number of aromatic nitrogens is 1. The summed E-state index contributed by atoms with van der Waals surface area (Å²) in [7, 11) is 0. The summed E-state index contributed by atoms with van der Waals surface area (Å²) >= 11 is 0. The number of hydrogen-bond donors (Lipinski definition) is 0. The van der Waals surface area contributed by atoms with E-state index in [0.717, 1.165) is 27.8 Å². The zero-order chi connectivity index (χ0) is 17.6. The summed E-state index contributed by atoms with van der Waals surface area (Å²) < 4.78 is 11.3. The summed E-state index contributed by atoms with van der Waals surface area (Å²) in [5.41, 5.74) is 4.18. The summed E-state index contributed by atoms with van der Waals surface area (Å²) in [6, 6.07) is 9.93. The summed E-state index contributed by atoms with van der Waals surface area (Å²) in [6.45, 7) is 6.77. The Bertz CT molecular complexity index is 947. The van der Waals surface area contributed by atoms with E-state index >= 15 is 0 Å². The first-order valence-corrected chi connectivity index (χ1v) is 8.40. The molecule has 1 aliphatic heterocycles. The third-order valence-electron chi connectivity index (χ3n) is 4.79. The summed E-state index contributed by atoms with van der Waals surface area (Å²) in [4.78, 5) is 19.2. The molecule has 3 heterocycles. The molecule has 0 aliphatic carbocycles. The fourth-order valence-corrected chi connectivity index (χ4v) is 3.21. The van der Waals surface area contributed by atoms with Gasteiger partial charge in [0.2, 0.25) is 5.88 Å². The zero-order valence-electron chi connectivity index (χ0n) is 14.6. The second-order valence-corrected chi connectivity index (χ2v) is 6.57. The molecule has 0 saturated heterocycles. The lowest BCUT2D eigenvalue weighted by atomic mass is 10.0. The number of amides is 1. The number of pyridine rings is 1. The van der Waals surface area contributed by atoms with Crippen molar-refractivity contribution < 1.29 is 13.9 Å². The van der Waals surface area contributed by atoms with Gasteiger partial charge in [0.1, 0.15) is 5.76 Å². The van der Waals surface area contributed by atoms with Crippen molar-refractivity contribution in [1.82, 2.24) is 9.88 Å². The molecule has 0 saturated carbocycles. The van der Waals surface area contributed by atoms with Crippen LogP contribution < -0.4 is 4.74 Å². The lowest BCUT2D eigenvalue weighted by Gasteiger charge is -2.20. The van der Waals surface area contributed by atoms with Crippen molar-refractivity contribution in [3.8, 4) is 5.88 Å². The van der Waals surface area contributed by atoms with E-state index in [1.54, 1.807) is 18.1 Å². The van der Waals surface area contributed by atoms with E-state index < -0.39 is 6.10 Å². The predicted octanol–water partition coefficient (Wildman–Crippen LogP) is 3.75. The Balaban J connectivity index is 1.78. The Morgan fingerprint density at radius 2 is 2.12 bits per heavy atom. The van der Waals surface area contributed by atoms with Crippen LogP contribution in [-0.4, -0.2) is 21.9 Å². The number of ether oxygens (including phenoxy) is 1. The average molecular weight is 336 g/mol. The quantitative estimate of drug-likeness (QED) is 0.715. The molecule has 0 spiro atoms. The highest BCUT2D eigenvalue weighted by atomic mass is 16.5. The summed E-state index contributed by atoms with van der Waals surface area (Å²) in [5.74, 6) is 1.24. The van der Waals surface area contributed by atoms with Gasteiger partial charge in [-0.05, 0) is 50.1 Å². The molecule has 0 bridgehead atoms. The second kappa shape index (κ2) is 5.92. The highest BCUT2D eigenvalue weighted by Gasteiger charge is 2.29. The van der Waals surface area contributed by atoms with Gasteiger partial charge < -0.3 is 14.1 Å². The lowest BCUT2D eigenvalue weighted by Crippen LogP contribution is -2.37. The van der Waals surface area contributed by atoms with Gasteiger partial charge in [-0.15, -0.1) is 0 Å². The summed E-state index contributed by atoms with van der Waals surface area (Å²) in [6.07, 6.45) is 1.04. The van der Waals surface area contributed by atoms with Crippen LogP contribution in [0.2, 0.25) is 0 Å². The van der Waals surface area contributed by atoms with E-state index in [2.05, 4.69) is 32.0 Å². The number of carbonyl (C=O) groups excluding carboxylic acids is 1. The number of aryl methyl sites for hydroxylation is 2. The molecular weight excluding hydrogens is 316 g/mol. The first-order chi connectivity index (χ1) is 12.0. The average Bonchev–Trinajstić information content (AvgIpc) is 3.07. The topological polar surface area (TPSA) is 55.6 Å². The number of rotatable bonds is 2. The van der Waals surface area contributed by atoms with Crippen molar-refractivity contribution in [2.75, 3.05) is 0 Å². The first-order valence-electron chi connectivity index (χ1n) is 8.40. The fourth-order valence-electron chi connectivity index (χ4n) is 3.21. The molecule has 0 N–H and O–H groups in total. The number of hydrogen-bond acceptors (Lipinski definition) is 4. The van der Waals surface area contributed by atoms with Gasteiger partial charge in [0.05, 0.1) is 24.9 Å². The highest BCUT2D eigenvalue weighted by Crippen LogP contribution is 2.30. The van der Waals surface area contributed by atoms with Crippen molar-refractivity contribution >= 4 is 16.8 Å². The van der Waals surface area contributed by atoms with E-state index in [4.69, 9.17) is 14.1 Å². The Hall–Kier alpha value is -2.82. The molecule has 0 radical (unpaired) electrons. The van der Waals surface area contributed by atoms with Crippen molar-refractivity contribution in [2.45, 2.75) is 40.0 Å². The van der Waals surface area contributed by atoms with Crippen LogP contribution >= 0.6 is 0 Å². The van der Waals surface area contributed by atoms with Crippen LogP contribution in [0.5, 0.6) is 5.88 Å². The van der Waals surface area contributed by atoms with Gasteiger partial charge in [0.25, 0.3) is 5.91 Å². The Morgan fingerprint density at radius 3 is 2.88 bits per heavy atom. The number of benzene rings is 1. The molecule has 3 aromatic rings. The Labute approximate surface area is 146 Å². The maximum absolute atomic E-state index is 12.7. The van der Waals surface area contributed by atoms with Gasteiger partial charge in [-0.3, -0.25) is 4.79 Å². The standard InChI is InChI=1S/C20H20N2O3/c1-12-6-7-15-9-16-10-22(11-17-5-4-8-24-17)20(23)14(3)25-19(16)21-18(15)13(12)2/h4-9,14H,10-11H2,1-3H3/t14-/m1/s1. The minimum atomic E-state index is -0.578. The Kier molecular flexibility index (Phi) is 3.71. The van der Waals surface area contributed by atoms with Crippen LogP contribution in [0.15, 0.2) is 41.0 Å². The third kappa shape index (κ3) is 2.76. The van der Waals surface area contributed by atoms with Crippen molar-refractivity contribution in [3.05, 3.63) is 59.0 Å². The minimum absolute atomic E-state index is 0.0636. The number of furan rings is 1. The molecule has 1 aromatic carbocycles. The molecule has 1 atom stereocenters. The van der Waals surface area contributed by atoms with Gasteiger partial charge in [0, 0.05) is 10.9 Å². The molecule has 1 amide bonds. The van der Waals surface area contributed by atoms with Gasteiger partial charge in [0.15, 0.2) is 6.10 Å².